The molecule has 1 aromatic carbocycles. The first-order chi connectivity index (χ1) is 5.70. The Morgan fingerprint density at radius 3 is 2.50 bits per heavy atom. The zero-order valence-electron chi connectivity index (χ0n) is 6.11. The minimum Gasteiger partial charge on any atom is -0.258 e. The van der Waals surface area contributed by atoms with Crippen molar-refractivity contribution in [2.75, 3.05) is 0 Å². The number of benzene rings is 1. The Morgan fingerprint density at radius 1 is 1.42 bits per heavy atom. The van der Waals surface area contributed by atoms with E-state index in [4.69, 9.17) is 0 Å². The summed E-state index contributed by atoms with van der Waals surface area (Å²) in [5.74, 6) is 0. The Kier molecular flexibility index (Phi) is 2.99. The number of nitro groups is 1. The topological polar surface area (TPSA) is 43.1 Å². The third-order valence-corrected chi connectivity index (χ3v) is 1.78. The van der Waals surface area contributed by atoms with Gasteiger partial charge >= 0.3 is 4.61 Å². The molecule has 0 spiro atoms. The number of rotatable bonds is 2. The van der Waals surface area contributed by atoms with Gasteiger partial charge in [-0.15, -0.1) is 0 Å². The first-order valence-electron chi connectivity index (χ1n) is 3.27. The lowest BCUT2D eigenvalue weighted by atomic mass is 10.2. The molecule has 0 amide bonds. The highest BCUT2D eigenvalue weighted by Gasteiger charge is 2.02. The van der Waals surface area contributed by atoms with Gasteiger partial charge in [0, 0.05) is 22.0 Å². The van der Waals surface area contributed by atoms with Crippen LogP contribution in [0.1, 0.15) is 5.56 Å². The second-order valence-corrected chi connectivity index (χ2v) is 2.95. The van der Waals surface area contributed by atoms with Crippen LogP contribution in [0.5, 0.6) is 0 Å². The first kappa shape index (κ1) is 8.93. The highest BCUT2D eigenvalue weighted by Crippen LogP contribution is 2.11. The number of nitrogens with zero attached hydrogens (tertiary/aromatic N) is 1. The van der Waals surface area contributed by atoms with E-state index in [0.717, 1.165) is 5.56 Å². The molecule has 0 atom stereocenters. The summed E-state index contributed by atoms with van der Waals surface area (Å²) in [6, 6.07) is 9.10. The van der Waals surface area contributed by atoms with Crippen molar-refractivity contribution in [2.24, 2.45) is 0 Å². The fourth-order valence-electron chi connectivity index (χ4n) is 0.739. The third kappa shape index (κ3) is 2.47. The Labute approximate surface area is 78.0 Å². The van der Waals surface area contributed by atoms with Crippen LogP contribution < -0.4 is 0 Å². The standard InChI is InChI=1S/C8H6BrNO2/c9-8(10(11)12)6-7-4-2-1-3-5-7/h1-6H/b8-6-. The van der Waals surface area contributed by atoms with Gasteiger partial charge in [-0.1, -0.05) is 30.3 Å². The maximum Gasteiger partial charge on any atom is 0.311 e. The molecule has 0 aliphatic carbocycles. The van der Waals surface area contributed by atoms with Gasteiger partial charge in [0.25, 0.3) is 0 Å². The van der Waals surface area contributed by atoms with Crippen molar-refractivity contribution >= 4 is 22.0 Å². The summed E-state index contributed by atoms with van der Waals surface area (Å²) < 4.78 is -0.0336. The van der Waals surface area contributed by atoms with E-state index in [0.29, 0.717) is 0 Å². The highest BCUT2D eigenvalue weighted by molar-refractivity contribution is 9.11. The lowest BCUT2D eigenvalue weighted by Gasteiger charge is -1.89. The van der Waals surface area contributed by atoms with E-state index in [1.165, 1.54) is 6.08 Å². The van der Waals surface area contributed by atoms with Gasteiger partial charge < -0.3 is 0 Å². The summed E-state index contributed by atoms with van der Waals surface area (Å²) in [6.07, 6.45) is 1.46. The van der Waals surface area contributed by atoms with Crippen molar-refractivity contribution in [3.8, 4) is 0 Å². The molecular formula is C8H6BrNO2. The van der Waals surface area contributed by atoms with Crippen LogP contribution in [0.4, 0.5) is 0 Å². The number of hydrogen-bond donors (Lipinski definition) is 0. The normalized spacial score (nSPS) is 11.2. The predicted octanol–water partition coefficient (Wildman–Crippen LogP) is 2.66. The van der Waals surface area contributed by atoms with Crippen LogP contribution in [-0.2, 0) is 0 Å². The molecular weight excluding hydrogens is 222 g/mol. The van der Waals surface area contributed by atoms with Gasteiger partial charge in [-0.3, -0.25) is 10.1 Å². The fourth-order valence-corrected chi connectivity index (χ4v) is 1.00. The highest BCUT2D eigenvalue weighted by atomic mass is 79.9. The van der Waals surface area contributed by atoms with Crippen molar-refractivity contribution in [3.63, 3.8) is 0 Å². The smallest absolute Gasteiger partial charge is 0.258 e. The Balaban J connectivity index is 2.89. The minimum absolute atomic E-state index is 0.0336. The van der Waals surface area contributed by atoms with Crippen LogP contribution in [0.2, 0.25) is 0 Å². The van der Waals surface area contributed by atoms with Crippen LogP contribution in [-0.4, -0.2) is 4.92 Å². The molecule has 0 aromatic heterocycles. The number of hydrogen-bond acceptors (Lipinski definition) is 2. The van der Waals surface area contributed by atoms with E-state index in [9.17, 15) is 10.1 Å². The molecule has 4 heteroatoms. The van der Waals surface area contributed by atoms with Gasteiger partial charge in [0.15, 0.2) is 0 Å². The number of halogens is 1. The monoisotopic (exact) mass is 227 g/mol. The average Bonchev–Trinajstić information content (AvgIpc) is 2.06. The molecule has 0 saturated heterocycles. The van der Waals surface area contributed by atoms with Gasteiger partial charge in [-0.25, -0.2) is 0 Å². The minimum atomic E-state index is -0.479. The maximum absolute atomic E-state index is 10.2. The fraction of sp³-hybridized carbons (Fsp3) is 0. The quantitative estimate of drug-likeness (QED) is 0.443. The van der Waals surface area contributed by atoms with Crippen LogP contribution >= 0.6 is 15.9 Å². The predicted molar refractivity (Wildman–Crippen MR) is 50.3 cm³/mol. The van der Waals surface area contributed by atoms with E-state index >= 15 is 0 Å². The van der Waals surface area contributed by atoms with Crippen LogP contribution in [0.15, 0.2) is 34.9 Å². The Bertz CT molecular complexity index is 308. The molecule has 0 unspecified atom stereocenters. The van der Waals surface area contributed by atoms with Crippen molar-refractivity contribution in [1.82, 2.24) is 0 Å². The maximum atomic E-state index is 10.2. The molecule has 0 N–H and O–H groups in total. The molecule has 62 valence electrons. The molecule has 3 nitrogen and oxygen atoms in total. The lowest BCUT2D eigenvalue weighted by Crippen LogP contribution is -1.89. The zero-order valence-corrected chi connectivity index (χ0v) is 7.69. The van der Waals surface area contributed by atoms with Gasteiger partial charge in [0.2, 0.25) is 0 Å². The molecule has 0 radical (unpaired) electrons. The van der Waals surface area contributed by atoms with E-state index in [1.807, 2.05) is 18.2 Å². The van der Waals surface area contributed by atoms with Gasteiger partial charge in [0.05, 0.1) is 4.92 Å². The molecule has 0 saturated carbocycles. The summed E-state index contributed by atoms with van der Waals surface area (Å²) >= 11 is 2.84. The van der Waals surface area contributed by atoms with E-state index in [2.05, 4.69) is 15.9 Å². The summed E-state index contributed by atoms with van der Waals surface area (Å²) in [4.78, 5) is 9.71. The van der Waals surface area contributed by atoms with Crippen molar-refractivity contribution in [1.29, 1.82) is 0 Å². The SMILES string of the molecule is O=[N+]([O-])/C(Br)=C\c1ccccc1. The second-order valence-electron chi connectivity index (χ2n) is 2.13. The molecule has 0 aliphatic heterocycles. The van der Waals surface area contributed by atoms with Crippen LogP contribution in [0.3, 0.4) is 0 Å². The summed E-state index contributed by atoms with van der Waals surface area (Å²) in [5.41, 5.74) is 0.807. The summed E-state index contributed by atoms with van der Waals surface area (Å²) in [6.45, 7) is 0. The van der Waals surface area contributed by atoms with E-state index in [-0.39, 0.29) is 4.61 Å². The average molecular weight is 228 g/mol. The van der Waals surface area contributed by atoms with Gasteiger partial charge in [-0.2, -0.15) is 0 Å². The molecule has 0 bridgehead atoms. The lowest BCUT2D eigenvalue weighted by molar-refractivity contribution is -0.407. The van der Waals surface area contributed by atoms with Crippen molar-refractivity contribution < 1.29 is 4.92 Å². The Hall–Kier alpha value is -1.16. The molecule has 0 heterocycles. The first-order valence-corrected chi connectivity index (χ1v) is 4.06. The summed E-state index contributed by atoms with van der Waals surface area (Å²) in [7, 11) is 0. The molecule has 1 aromatic rings. The third-order valence-electron chi connectivity index (χ3n) is 1.26. The second kappa shape index (κ2) is 4.01. The molecule has 0 aliphatic rings. The van der Waals surface area contributed by atoms with Crippen LogP contribution in [0, 0.1) is 10.1 Å². The van der Waals surface area contributed by atoms with E-state index < -0.39 is 4.92 Å². The van der Waals surface area contributed by atoms with Crippen molar-refractivity contribution in [2.45, 2.75) is 0 Å². The van der Waals surface area contributed by atoms with Crippen LogP contribution in [0.25, 0.3) is 6.08 Å². The largest absolute Gasteiger partial charge is 0.311 e. The van der Waals surface area contributed by atoms with E-state index in [1.54, 1.807) is 12.1 Å². The molecule has 12 heavy (non-hydrogen) atoms. The van der Waals surface area contributed by atoms with Gasteiger partial charge in [0.1, 0.15) is 0 Å². The molecule has 0 fully saturated rings. The molecule has 1 rings (SSSR count). The van der Waals surface area contributed by atoms with Crippen molar-refractivity contribution in [3.05, 3.63) is 50.6 Å². The zero-order chi connectivity index (χ0) is 8.97. The Morgan fingerprint density at radius 2 is 2.00 bits per heavy atom. The summed E-state index contributed by atoms with van der Waals surface area (Å²) in [5, 5.41) is 10.2. The van der Waals surface area contributed by atoms with Gasteiger partial charge in [-0.05, 0) is 5.56 Å².